The highest BCUT2D eigenvalue weighted by molar-refractivity contribution is 8.00. The normalized spacial score (nSPS) is 22.2. The summed E-state index contributed by atoms with van der Waals surface area (Å²) in [7, 11) is 1.87. The third kappa shape index (κ3) is 1.85. The van der Waals surface area contributed by atoms with Gasteiger partial charge in [-0.2, -0.15) is 0 Å². The fourth-order valence-corrected chi connectivity index (χ4v) is 3.70. The number of carbonyl (C=O) groups is 1. The first-order valence-corrected chi connectivity index (χ1v) is 7.06. The molecule has 2 aromatic rings. The number of benzene rings is 2. The summed E-state index contributed by atoms with van der Waals surface area (Å²) in [6.07, 6.45) is 0. The summed E-state index contributed by atoms with van der Waals surface area (Å²) in [5.41, 5.74) is 1.94. The first-order chi connectivity index (χ1) is 9.13. The van der Waals surface area contributed by atoms with Gasteiger partial charge in [-0.1, -0.05) is 54.2 Å². The van der Waals surface area contributed by atoms with Crippen LogP contribution in [0.1, 0.15) is 22.8 Å². The van der Waals surface area contributed by atoms with Gasteiger partial charge in [0.1, 0.15) is 4.87 Å². The fourth-order valence-electron chi connectivity index (χ4n) is 2.39. The van der Waals surface area contributed by atoms with Gasteiger partial charge in [-0.3, -0.25) is 4.79 Å². The summed E-state index contributed by atoms with van der Waals surface area (Å²) < 4.78 is 0. The molecule has 1 atom stereocenters. The first kappa shape index (κ1) is 12.3. The number of rotatable bonds is 1. The van der Waals surface area contributed by atoms with Crippen molar-refractivity contribution in [3.05, 3.63) is 65.7 Å². The van der Waals surface area contributed by atoms with Crippen molar-refractivity contribution in [1.29, 1.82) is 0 Å². The smallest absolute Gasteiger partial charge is 0.256 e. The first-order valence-electron chi connectivity index (χ1n) is 6.24. The molecule has 3 heteroatoms. The van der Waals surface area contributed by atoms with Crippen LogP contribution in [-0.2, 0) is 4.87 Å². The summed E-state index contributed by atoms with van der Waals surface area (Å²) in [5.74, 6) is 0.0840. The Kier molecular flexibility index (Phi) is 2.86. The van der Waals surface area contributed by atoms with Crippen LogP contribution in [0.5, 0.6) is 0 Å². The second-order valence-electron chi connectivity index (χ2n) is 4.81. The lowest BCUT2D eigenvalue weighted by molar-refractivity contribution is 0.0698. The Morgan fingerprint density at radius 1 is 1.00 bits per heavy atom. The lowest BCUT2D eigenvalue weighted by atomic mass is 10.0. The highest BCUT2D eigenvalue weighted by Crippen LogP contribution is 2.48. The molecule has 1 amide bonds. The van der Waals surface area contributed by atoms with E-state index in [0.717, 1.165) is 16.0 Å². The van der Waals surface area contributed by atoms with Gasteiger partial charge in [0.2, 0.25) is 0 Å². The van der Waals surface area contributed by atoms with E-state index in [0.29, 0.717) is 0 Å². The number of nitrogens with zero attached hydrogens (tertiary/aromatic N) is 1. The zero-order valence-electron chi connectivity index (χ0n) is 11.0. The van der Waals surface area contributed by atoms with Crippen LogP contribution in [0.4, 0.5) is 0 Å². The molecule has 0 saturated heterocycles. The minimum atomic E-state index is -0.354. The SMILES string of the molecule is CN1C(=O)c2ccccc2SC1(C)c1ccccc1. The molecule has 1 unspecified atom stereocenters. The number of hydrogen-bond acceptors (Lipinski definition) is 2. The molecule has 0 spiro atoms. The van der Waals surface area contributed by atoms with E-state index in [4.69, 9.17) is 0 Å². The topological polar surface area (TPSA) is 20.3 Å². The predicted molar refractivity (Wildman–Crippen MR) is 78.2 cm³/mol. The standard InChI is InChI=1S/C16H15NOS/c1-16(12-8-4-3-5-9-12)17(2)15(18)13-10-6-7-11-14(13)19-16/h3-11H,1-2H3. The number of hydrogen-bond donors (Lipinski definition) is 0. The maximum Gasteiger partial charge on any atom is 0.256 e. The average molecular weight is 269 g/mol. The molecule has 0 radical (unpaired) electrons. The van der Waals surface area contributed by atoms with Crippen LogP contribution in [0.25, 0.3) is 0 Å². The van der Waals surface area contributed by atoms with E-state index in [9.17, 15) is 4.79 Å². The molecule has 96 valence electrons. The quantitative estimate of drug-likeness (QED) is 0.786. The molecular formula is C16H15NOS. The second-order valence-corrected chi connectivity index (χ2v) is 6.25. The minimum absolute atomic E-state index is 0.0840. The number of thioether (sulfide) groups is 1. The zero-order valence-corrected chi connectivity index (χ0v) is 11.8. The summed E-state index contributed by atoms with van der Waals surface area (Å²) >= 11 is 1.73. The summed E-state index contributed by atoms with van der Waals surface area (Å²) in [6.45, 7) is 2.10. The van der Waals surface area contributed by atoms with Crippen molar-refractivity contribution in [2.75, 3.05) is 7.05 Å². The maximum atomic E-state index is 12.5. The summed E-state index contributed by atoms with van der Waals surface area (Å²) in [6, 6.07) is 18.0. The highest BCUT2D eigenvalue weighted by atomic mass is 32.2. The number of fused-ring (bicyclic) bond motifs is 1. The van der Waals surface area contributed by atoms with Gasteiger partial charge in [-0.25, -0.2) is 0 Å². The van der Waals surface area contributed by atoms with Gasteiger partial charge < -0.3 is 4.90 Å². The molecular weight excluding hydrogens is 254 g/mol. The molecule has 3 rings (SSSR count). The molecule has 19 heavy (non-hydrogen) atoms. The van der Waals surface area contributed by atoms with E-state index in [1.54, 1.807) is 11.8 Å². The van der Waals surface area contributed by atoms with Gasteiger partial charge >= 0.3 is 0 Å². The maximum absolute atomic E-state index is 12.5. The summed E-state index contributed by atoms with van der Waals surface area (Å²) in [5, 5.41) is 0. The molecule has 1 aliphatic heterocycles. The lowest BCUT2D eigenvalue weighted by Crippen LogP contribution is -2.45. The number of carbonyl (C=O) groups excluding carboxylic acids is 1. The predicted octanol–water partition coefficient (Wildman–Crippen LogP) is 3.74. The van der Waals surface area contributed by atoms with Crippen molar-refractivity contribution in [2.24, 2.45) is 0 Å². The van der Waals surface area contributed by atoms with E-state index in [-0.39, 0.29) is 10.8 Å². The van der Waals surface area contributed by atoms with Crippen molar-refractivity contribution in [1.82, 2.24) is 4.90 Å². The summed E-state index contributed by atoms with van der Waals surface area (Å²) in [4.78, 5) is 15.0. The lowest BCUT2D eigenvalue weighted by Gasteiger charge is -2.42. The van der Waals surface area contributed by atoms with E-state index in [2.05, 4.69) is 19.1 Å². The van der Waals surface area contributed by atoms with Crippen LogP contribution in [-0.4, -0.2) is 17.9 Å². The third-order valence-electron chi connectivity index (χ3n) is 3.68. The van der Waals surface area contributed by atoms with Crippen molar-refractivity contribution in [2.45, 2.75) is 16.7 Å². The third-order valence-corrected chi connectivity index (χ3v) is 5.16. The largest absolute Gasteiger partial charge is 0.323 e. The fraction of sp³-hybridized carbons (Fsp3) is 0.188. The Hall–Kier alpha value is -1.74. The van der Waals surface area contributed by atoms with E-state index < -0.39 is 0 Å². The van der Waals surface area contributed by atoms with Gasteiger partial charge in [0.05, 0.1) is 5.56 Å². The molecule has 2 nitrogen and oxygen atoms in total. The molecule has 0 aliphatic carbocycles. The van der Waals surface area contributed by atoms with Gasteiger partial charge in [0, 0.05) is 11.9 Å². The van der Waals surface area contributed by atoms with Crippen LogP contribution in [0.2, 0.25) is 0 Å². The highest BCUT2D eigenvalue weighted by Gasteiger charge is 2.41. The number of amides is 1. The Morgan fingerprint density at radius 3 is 2.37 bits per heavy atom. The van der Waals surface area contributed by atoms with Gasteiger partial charge in [-0.05, 0) is 24.6 Å². The van der Waals surface area contributed by atoms with Crippen molar-refractivity contribution in [3.63, 3.8) is 0 Å². The van der Waals surface area contributed by atoms with E-state index in [1.807, 2.05) is 54.4 Å². The minimum Gasteiger partial charge on any atom is -0.323 e. The van der Waals surface area contributed by atoms with E-state index >= 15 is 0 Å². The van der Waals surface area contributed by atoms with E-state index in [1.165, 1.54) is 0 Å². The molecule has 0 N–H and O–H groups in total. The van der Waals surface area contributed by atoms with Crippen molar-refractivity contribution >= 4 is 17.7 Å². The molecule has 0 saturated carbocycles. The second kappa shape index (κ2) is 4.42. The average Bonchev–Trinajstić information content (AvgIpc) is 2.46. The Labute approximate surface area is 117 Å². The van der Waals surface area contributed by atoms with Crippen LogP contribution in [0.15, 0.2) is 59.5 Å². The van der Waals surface area contributed by atoms with Crippen LogP contribution < -0.4 is 0 Å². The van der Waals surface area contributed by atoms with Gasteiger partial charge in [0.25, 0.3) is 5.91 Å². The zero-order chi connectivity index (χ0) is 13.5. The molecule has 2 aromatic carbocycles. The van der Waals surface area contributed by atoms with Crippen LogP contribution >= 0.6 is 11.8 Å². The van der Waals surface area contributed by atoms with Crippen LogP contribution in [0.3, 0.4) is 0 Å². The van der Waals surface area contributed by atoms with Crippen molar-refractivity contribution in [3.8, 4) is 0 Å². The Morgan fingerprint density at radius 2 is 1.63 bits per heavy atom. The monoisotopic (exact) mass is 269 g/mol. The van der Waals surface area contributed by atoms with Gasteiger partial charge in [-0.15, -0.1) is 0 Å². The molecule has 0 aromatic heterocycles. The molecule has 0 bridgehead atoms. The molecule has 1 heterocycles. The van der Waals surface area contributed by atoms with Gasteiger partial charge in [0.15, 0.2) is 0 Å². The Balaban J connectivity index is 2.13. The molecule has 0 fully saturated rings. The molecule has 1 aliphatic rings. The van der Waals surface area contributed by atoms with Crippen molar-refractivity contribution < 1.29 is 4.79 Å². The Bertz CT molecular complexity index is 626. The van der Waals surface area contributed by atoms with Crippen LogP contribution in [0, 0.1) is 0 Å².